The summed E-state index contributed by atoms with van der Waals surface area (Å²) in [4.78, 5) is 2.59. The number of hydrogen-bond acceptors (Lipinski definition) is 3. The van der Waals surface area contributed by atoms with E-state index >= 15 is 0 Å². The van der Waals surface area contributed by atoms with Gasteiger partial charge in [0, 0.05) is 19.6 Å². The molecule has 1 aliphatic carbocycles. The quantitative estimate of drug-likeness (QED) is 0.833. The van der Waals surface area contributed by atoms with E-state index in [1.165, 1.54) is 58.2 Å². The van der Waals surface area contributed by atoms with E-state index in [1.807, 2.05) is 0 Å². The first-order chi connectivity index (χ1) is 9.17. The van der Waals surface area contributed by atoms with Gasteiger partial charge in [0.2, 0.25) is 0 Å². The SMILES string of the molecule is CC(C)CN1CCC(OC2CCC(CN)CC2)CC1. The van der Waals surface area contributed by atoms with Crippen molar-refractivity contribution >= 4 is 0 Å². The zero-order valence-corrected chi connectivity index (χ0v) is 12.8. The molecule has 1 saturated carbocycles. The van der Waals surface area contributed by atoms with E-state index in [4.69, 9.17) is 10.5 Å². The summed E-state index contributed by atoms with van der Waals surface area (Å²) < 4.78 is 6.31. The highest BCUT2D eigenvalue weighted by Crippen LogP contribution is 2.28. The molecule has 0 aromatic carbocycles. The Kier molecular flexibility index (Phi) is 6.11. The molecular formula is C16H32N2O. The van der Waals surface area contributed by atoms with Crippen LogP contribution in [0.15, 0.2) is 0 Å². The molecular weight excluding hydrogens is 236 g/mol. The van der Waals surface area contributed by atoms with Crippen LogP contribution in [0.5, 0.6) is 0 Å². The van der Waals surface area contributed by atoms with E-state index < -0.39 is 0 Å². The number of hydrogen-bond donors (Lipinski definition) is 1. The molecule has 2 rings (SSSR count). The summed E-state index contributed by atoms with van der Waals surface area (Å²) in [7, 11) is 0. The number of nitrogens with zero attached hydrogens (tertiary/aromatic N) is 1. The predicted octanol–water partition coefficient (Wildman–Crippen LogP) is 2.64. The molecule has 0 amide bonds. The van der Waals surface area contributed by atoms with Gasteiger partial charge in [-0.05, 0) is 56.9 Å². The number of piperidine rings is 1. The summed E-state index contributed by atoms with van der Waals surface area (Å²) in [5.41, 5.74) is 5.74. The second-order valence-corrected chi connectivity index (χ2v) is 6.91. The molecule has 112 valence electrons. The van der Waals surface area contributed by atoms with Crippen molar-refractivity contribution in [3.8, 4) is 0 Å². The van der Waals surface area contributed by atoms with Crippen LogP contribution < -0.4 is 5.73 Å². The maximum Gasteiger partial charge on any atom is 0.0603 e. The molecule has 1 aliphatic heterocycles. The minimum atomic E-state index is 0.517. The maximum atomic E-state index is 6.31. The predicted molar refractivity (Wildman–Crippen MR) is 80.2 cm³/mol. The Bertz CT molecular complexity index is 241. The van der Waals surface area contributed by atoms with Gasteiger partial charge in [-0.2, -0.15) is 0 Å². The Morgan fingerprint density at radius 3 is 2.11 bits per heavy atom. The third-order valence-corrected chi connectivity index (χ3v) is 4.67. The maximum absolute atomic E-state index is 6.31. The zero-order chi connectivity index (χ0) is 13.7. The second kappa shape index (κ2) is 7.61. The van der Waals surface area contributed by atoms with Crippen LogP contribution in [-0.2, 0) is 4.74 Å². The van der Waals surface area contributed by atoms with E-state index in [1.54, 1.807) is 0 Å². The summed E-state index contributed by atoms with van der Waals surface area (Å²) in [6, 6.07) is 0. The van der Waals surface area contributed by atoms with E-state index in [0.717, 1.165) is 18.4 Å². The van der Waals surface area contributed by atoms with Gasteiger partial charge in [0.05, 0.1) is 12.2 Å². The summed E-state index contributed by atoms with van der Waals surface area (Å²) in [5, 5.41) is 0. The summed E-state index contributed by atoms with van der Waals surface area (Å²) >= 11 is 0. The Morgan fingerprint density at radius 2 is 1.58 bits per heavy atom. The van der Waals surface area contributed by atoms with Crippen LogP contribution in [-0.4, -0.2) is 43.3 Å². The minimum Gasteiger partial charge on any atom is -0.375 e. The zero-order valence-electron chi connectivity index (χ0n) is 12.8. The van der Waals surface area contributed by atoms with Crippen LogP contribution in [0.4, 0.5) is 0 Å². The fraction of sp³-hybridized carbons (Fsp3) is 1.00. The molecule has 0 atom stereocenters. The highest BCUT2D eigenvalue weighted by atomic mass is 16.5. The van der Waals surface area contributed by atoms with Crippen molar-refractivity contribution in [2.75, 3.05) is 26.2 Å². The first-order valence-electron chi connectivity index (χ1n) is 8.25. The van der Waals surface area contributed by atoms with Gasteiger partial charge >= 0.3 is 0 Å². The minimum absolute atomic E-state index is 0.517. The van der Waals surface area contributed by atoms with Crippen molar-refractivity contribution < 1.29 is 4.74 Å². The summed E-state index contributed by atoms with van der Waals surface area (Å²) in [6.07, 6.45) is 8.49. The summed E-state index contributed by atoms with van der Waals surface area (Å²) in [6.45, 7) is 9.16. The lowest BCUT2D eigenvalue weighted by molar-refractivity contribution is -0.0611. The lowest BCUT2D eigenvalue weighted by atomic mass is 9.87. The normalized spacial score (nSPS) is 30.9. The fourth-order valence-electron chi connectivity index (χ4n) is 3.52. The van der Waals surface area contributed by atoms with Crippen LogP contribution in [0.2, 0.25) is 0 Å². The molecule has 0 spiro atoms. The van der Waals surface area contributed by atoms with Gasteiger partial charge in [-0.25, -0.2) is 0 Å². The third kappa shape index (κ3) is 5.05. The lowest BCUT2D eigenvalue weighted by Gasteiger charge is -2.36. The van der Waals surface area contributed by atoms with Gasteiger partial charge in [-0.3, -0.25) is 0 Å². The van der Waals surface area contributed by atoms with Crippen molar-refractivity contribution in [1.29, 1.82) is 0 Å². The molecule has 2 N–H and O–H groups in total. The Hall–Kier alpha value is -0.120. The van der Waals surface area contributed by atoms with E-state index in [9.17, 15) is 0 Å². The fourth-order valence-corrected chi connectivity index (χ4v) is 3.52. The Morgan fingerprint density at radius 1 is 1.00 bits per heavy atom. The van der Waals surface area contributed by atoms with Crippen LogP contribution in [0.3, 0.4) is 0 Å². The molecule has 0 unspecified atom stereocenters. The molecule has 0 bridgehead atoms. The standard InChI is InChI=1S/C16H32N2O/c1-13(2)12-18-9-7-16(8-10-18)19-15-5-3-14(11-17)4-6-15/h13-16H,3-12,17H2,1-2H3. The first-order valence-corrected chi connectivity index (χ1v) is 8.25. The van der Waals surface area contributed by atoms with Gasteiger partial charge in [0.1, 0.15) is 0 Å². The highest BCUT2D eigenvalue weighted by molar-refractivity contribution is 4.78. The molecule has 1 saturated heterocycles. The van der Waals surface area contributed by atoms with Gasteiger partial charge in [0.15, 0.2) is 0 Å². The lowest BCUT2D eigenvalue weighted by Crippen LogP contribution is -2.40. The largest absolute Gasteiger partial charge is 0.375 e. The smallest absolute Gasteiger partial charge is 0.0603 e. The van der Waals surface area contributed by atoms with E-state index in [-0.39, 0.29) is 0 Å². The van der Waals surface area contributed by atoms with Crippen LogP contribution in [0, 0.1) is 11.8 Å². The molecule has 2 aliphatic rings. The molecule has 3 heteroatoms. The van der Waals surface area contributed by atoms with Crippen LogP contribution >= 0.6 is 0 Å². The Labute approximate surface area is 118 Å². The molecule has 0 radical (unpaired) electrons. The second-order valence-electron chi connectivity index (χ2n) is 6.91. The van der Waals surface area contributed by atoms with E-state index in [0.29, 0.717) is 12.2 Å². The van der Waals surface area contributed by atoms with Gasteiger partial charge < -0.3 is 15.4 Å². The summed E-state index contributed by atoms with van der Waals surface area (Å²) in [5.74, 6) is 1.54. The molecule has 2 fully saturated rings. The highest BCUT2D eigenvalue weighted by Gasteiger charge is 2.26. The molecule has 3 nitrogen and oxygen atoms in total. The monoisotopic (exact) mass is 268 g/mol. The Balaban J connectivity index is 1.63. The van der Waals surface area contributed by atoms with Crippen molar-refractivity contribution in [2.24, 2.45) is 17.6 Å². The molecule has 1 heterocycles. The van der Waals surface area contributed by atoms with Crippen molar-refractivity contribution in [1.82, 2.24) is 4.90 Å². The number of rotatable bonds is 5. The van der Waals surface area contributed by atoms with Gasteiger partial charge in [-0.15, -0.1) is 0 Å². The number of ether oxygens (including phenoxy) is 1. The average Bonchev–Trinajstić information content (AvgIpc) is 2.41. The van der Waals surface area contributed by atoms with Gasteiger partial charge in [0.25, 0.3) is 0 Å². The molecule has 0 aromatic heterocycles. The van der Waals surface area contributed by atoms with Crippen molar-refractivity contribution in [3.05, 3.63) is 0 Å². The number of likely N-dealkylation sites (tertiary alicyclic amines) is 1. The average molecular weight is 268 g/mol. The third-order valence-electron chi connectivity index (χ3n) is 4.67. The van der Waals surface area contributed by atoms with Crippen molar-refractivity contribution in [2.45, 2.75) is 64.6 Å². The van der Waals surface area contributed by atoms with Gasteiger partial charge in [-0.1, -0.05) is 13.8 Å². The molecule has 0 aromatic rings. The van der Waals surface area contributed by atoms with Crippen LogP contribution in [0.1, 0.15) is 52.4 Å². The molecule has 19 heavy (non-hydrogen) atoms. The van der Waals surface area contributed by atoms with E-state index in [2.05, 4.69) is 18.7 Å². The van der Waals surface area contributed by atoms with Crippen molar-refractivity contribution in [3.63, 3.8) is 0 Å². The first kappa shape index (κ1) is 15.3. The number of nitrogens with two attached hydrogens (primary N) is 1. The topological polar surface area (TPSA) is 38.5 Å². The van der Waals surface area contributed by atoms with Crippen LogP contribution in [0.25, 0.3) is 0 Å².